The number of allylic oxidation sites excluding steroid dienone is 8. The van der Waals surface area contributed by atoms with Crippen molar-refractivity contribution in [1.82, 2.24) is 9.55 Å². The Hall–Kier alpha value is -4.95. The molecule has 1 fully saturated rings. The number of imidazole rings is 1. The summed E-state index contributed by atoms with van der Waals surface area (Å²) in [5, 5.41) is 5.62. The highest BCUT2D eigenvalue weighted by atomic mass is 15.1. The fourth-order valence-corrected chi connectivity index (χ4v) is 8.55. The van der Waals surface area contributed by atoms with E-state index < -0.39 is 0 Å². The first-order valence-electron chi connectivity index (χ1n) is 17.6. The number of hydrogen-bond donors (Lipinski definition) is 0. The highest BCUT2D eigenvalue weighted by Crippen LogP contribution is 2.46. The zero-order valence-electron chi connectivity index (χ0n) is 26.9. The zero-order valence-corrected chi connectivity index (χ0v) is 26.9. The SMILES string of the molecule is C1=CCCC(c2nc3ccccc3n2C2C=CC(c3ccc4c(C5CCCCC5)c5ccccc5c(-c5ccccc5)c4c3)=CC2)=C1. The summed E-state index contributed by atoms with van der Waals surface area (Å²) < 4.78 is 2.47. The summed E-state index contributed by atoms with van der Waals surface area (Å²) in [5.74, 6) is 1.73. The minimum atomic E-state index is 0.232. The lowest BCUT2D eigenvalue weighted by molar-refractivity contribution is 0.447. The van der Waals surface area contributed by atoms with Crippen LogP contribution >= 0.6 is 0 Å². The smallest absolute Gasteiger partial charge is 0.137 e. The molecule has 3 aliphatic rings. The van der Waals surface area contributed by atoms with Crippen molar-refractivity contribution < 1.29 is 0 Å². The van der Waals surface area contributed by atoms with Crippen LogP contribution in [0.15, 0.2) is 134 Å². The lowest BCUT2D eigenvalue weighted by atomic mass is 9.77. The second-order valence-electron chi connectivity index (χ2n) is 13.6. The van der Waals surface area contributed by atoms with E-state index in [0.717, 1.165) is 30.6 Å². The van der Waals surface area contributed by atoms with Crippen molar-refractivity contribution in [3.63, 3.8) is 0 Å². The van der Waals surface area contributed by atoms with Gasteiger partial charge in [-0.3, -0.25) is 0 Å². The second-order valence-corrected chi connectivity index (χ2v) is 13.6. The summed E-state index contributed by atoms with van der Waals surface area (Å²) in [6.07, 6.45) is 23.6. The molecule has 5 aromatic carbocycles. The topological polar surface area (TPSA) is 17.8 Å². The van der Waals surface area contributed by atoms with Gasteiger partial charge in [-0.1, -0.05) is 135 Å². The molecule has 0 aliphatic heterocycles. The van der Waals surface area contributed by atoms with Gasteiger partial charge in [0.15, 0.2) is 0 Å². The summed E-state index contributed by atoms with van der Waals surface area (Å²) in [6, 6.07) is 36.4. The van der Waals surface area contributed by atoms with E-state index in [4.69, 9.17) is 4.98 Å². The van der Waals surface area contributed by atoms with Gasteiger partial charge >= 0.3 is 0 Å². The van der Waals surface area contributed by atoms with Gasteiger partial charge in [0.1, 0.15) is 5.82 Å². The van der Waals surface area contributed by atoms with Gasteiger partial charge in [0, 0.05) is 0 Å². The van der Waals surface area contributed by atoms with Gasteiger partial charge in [-0.2, -0.15) is 0 Å². The summed E-state index contributed by atoms with van der Waals surface area (Å²) in [5.41, 5.74) is 10.4. The van der Waals surface area contributed by atoms with Gasteiger partial charge in [-0.15, -0.1) is 0 Å². The van der Waals surface area contributed by atoms with Gasteiger partial charge in [0.2, 0.25) is 0 Å². The zero-order chi connectivity index (χ0) is 31.2. The number of rotatable bonds is 5. The van der Waals surface area contributed by atoms with Crippen LogP contribution in [0.25, 0.3) is 54.9 Å². The Kier molecular flexibility index (Phi) is 7.23. The minimum absolute atomic E-state index is 0.232. The minimum Gasteiger partial charge on any atom is -0.317 e. The number of aromatic nitrogens is 2. The number of para-hydroxylation sites is 2. The molecule has 0 radical (unpaired) electrons. The Morgan fingerprint density at radius 2 is 1.49 bits per heavy atom. The molecular formula is C45H40N2. The van der Waals surface area contributed by atoms with Gasteiger partial charge in [0.25, 0.3) is 0 Å². The largest absolute Gasteiger partial charge is 0.317 e. The molecule has 1 unspecified atom stereocenters. The number of benzene rings is 5. The monoisotopic (exact) mass is 608 g/mol. The van der Waals surface area contributed by atoms with Crippen LogP contribution < -0.4 is 0 Å². The maximum absolute atomic E-state index is 5.14. The summed E-state index contributed by atoms with van der Waals surface area (Å²) >= 11 is 0. The van der Waals surface area contributed by atoms with Crippen LogP contribution in [0.5, 0.6) is 0 Å². The third-order valence-electron chi connectivity index (χ3n) is 10.8. The lowest BCUT2D eigenvalue weighted by Gasteiger charge is -2.27. The number of fused-ring (bicyclic) bond motifs is 3. The molecule has 1 heterocycles. The Morgan fingerprint density at radius 1 is 0.702 bits per heavy atom. The molecule has 1 atom stereocenters. The second kappa shape index (κ2) is 12.0. The van der Waals surface area contributed by atoms with Crippen LogP contribution in [0.4, 0.5) is 0 Å². The fourth-order valence-electron chi connectivity index (χ4n) is 8.55. The van der Waals surface area contributed by atoms with Crippen molar-refractivity contribution in [1.29, 1.82) is 0 Å². The van der Waals surface area contributed by atoms with Gasteiger partial charge in [-0.25, -0.2) is 4.98 Å². The molecule has 230 valence electrons. The van der Waals surface area contributed by atoms with E-state index in [2.05, 4.69) is 138 Å². The molecule has 2 nitrogen and oxygen atoms in total. The number of nitrogens with zero attached hydrogens (tertiary/aromatic N) is 2. The van der Waals surface area contributed by atoms with Crippen molar-refractivity contribution in [2.45, 2.75) is 63.3 Å². The summed E-state index contributed by atoms with van der Waals surface area (Å²) in [6.45, 7) is 0. The average molecular weight is 609 g/mol. The van der Waals surface area contributed by atoms with Crippen LogP contribution in [0.1, 0.15) is 80.3 Å². The van der Waals surface area contributed by atoms with E-state index in [1.807, 2.05) is 0 Å². The Bertz CT molecular complexity index is 2250. The predicted molar refractivity (Wildman–Crippen MR) is 200 cm³/mol. The third-order valence-corrected chi connectivity index (χ3v) is 10.8. The quantitative estimate of drug-likeness (QED) is 0.178. The van der Waals surface area contributed by atoms with Gasteiger partial charge < -0.3 is 4.57 Å². The summed E-state index contributed by atoms with van der Waals surface area (Å²) in [4.78, 5) is 5.14. The van der Waals surface area contributed by atoms with Gasteiger partial charge in [0.05, 0.1) is 17.1 Å². The fraction of sp³-hybridized carbons (Fsp3) is 0.222. The standard InChI is InChI=1S/C45H40N2/c1-4-14-32(15-5-1)43-37-20-10-11-21-38(37)44(33-16-6-2-7-17-33)40-30-35(26-29-39(40)43)31-24-27-36(28-25-31)47-42-23-13-12-22-41(42)46-45(47)34-18-8-3-9-19-34/h2-3,6-8,10-13,16-18,20-27,29-30,32,36H,1,4-5,9,14-15,19,28H2. The van der Waals surface area contributed by atoms with Crippen LogP contribution in [0.3, 0.4) is 0 Å². The summed E-state index contributed by atoms with van der Waals surface area (Å²) in [7, 11) is 0. The van der Waals surface area contributed by atoms with Gasteiger partial charge in [-0.05, 0) is 111 Å². The molecule has 0 amide bonds. The normalized spacial score (nSPS) is 18.6. The molecule has 1 aromatic heterocycles. The molecule has 0 saturated heterocycles. The van der Waals surface area contributed by atoms with E-state index in [1.165, 1.54) is 87.0 Å². The van der Waals surface area contributed by atoms with E-state index >= 15 is 0 Å². The van der Waals surface area contributed by atoms with Crippen molar-refractivity contribution >= 4 is 43.7 Å². The maximum Gasteiger partial charge on any atom is 0.137 e. The molecule has 0 N–H and O–H groups in total. The molecule has 0 bridgehead atoms. The highest BCUT2D eigenvalue weighted by Gasteiger charge is 2.25. The van der Waals surface area contributed by atoms with E-state index in [-0.39, 0.29) is 6.04 Å². The Labute approximate surface area is 277 Å². The van der Waals surface area contributed by atoms with Crippen LogP contribution in [0.2, 0.25) is 0 Å². The van der Waals surface area contributed by atoms with Crippen molar-refractivity contribution in [3.05, 3.63) is 150 Å². The molecular weight excluding hydrogens is 569 g/mol. The molecule has 3 aliphatic carbocycles. The molecule has 2 heteroatoms. The Morgan fingerprint density at radius 3 is 2.30 bits per heavy atom. The molecule has 6 aromatic rings. The third kappa shape index (κ3) is 4.99. The van der Waals surface area contributed by atoms with Crippen LogP contribution in [-0.4, -0.2) is 9.55 Å². The van der Waals surface area contributed by atoms with Crippen molar-refractivity contribution in [2.24, 2.45) is 0 Å². The van der Waals surface area contributed by atoms with E-state index in [1.54, 1.807) is 5.56 Å². The number of hydrogen-bond acceptors (Lipinski definition) is 1. The first kappa shape index (κ1) is 28.3. The van der Waals surface area contributed by atoms with Crippen molar-refractivity contribution in [3.8, 4) is 11.1 Å². The molecule has 9 rings (SSSR count). The highest BCUT2D eigenvalue weighted by molar-refractivity contribution is 6.16. The first-order chi connectivity index (χ1) is 23.3. The average Bonchev–Trinajstić information content (AvgIpc) is 3.54. The lowest BCUT2D eigenvalue weighted by Crippen LogP contribution is -2.12. The molecule has 1 saturated carbocycles. The Balaban J connectivity index is 1.16. The van der Waals surface area contributed by atoms with E-state index in [9.17, 15) is 0 Å². The predicted octanol–water partition coefficient (Wildman–Crippen LogP) is 12.4. The molecule has 0 spiro atoms. The van der Waals surface area contributed by atoms with E-state index in [0.29, 0.717) is 5.92 Å². The van der Waals surface area contributed by atoms with Crippen LogP contribution in [0, 0.1) is 0 Å². The first-order valence-corrected chi connectivity index (χ1v) is 17.6. The maximum atomic E-state index is 5.14. The van der Waals surface area contributed by atoms with Crippen LogP contribution in [-0.2, 0) is 0 Å². The molecule has 47 heavy (non-hydrogen) atoms. The van der Waals surface area contributed by atoms with Crippen molar-refractivity contribution in [2.75, 3.05) is 0 Å².